The fraction of sp³-hybridized carbons (Fsp3) is 0.294. The lowest BCUT2D eigenvalue weighted by molar-refractivity contribution is 0.234. The standard InChI is InChI=1S/C17H20FNO/c1-13(11-15-9-5-6-10-16(15)18)19-17(12-20)14-7-3-2-4-8-14/h2-10,13,17,19-20H,11-12H2,1H3/t13?,17-/m1/s1. The lowest BCUT2D eigenvalue weighted by Gasteiger charge is -2.22. The molecule has 2 N–H and O–H groups in total. The first-order valence-electron chi connectivity index (χ1n) is 6.86. The minimum atomic E-state index is -0.179. The highest BCUT2D eigenvalue weighted by molar-refractivity contribution is 5.20. The second kappa shape index (κ2) is 7.17. The monoisotopic (exact) mass is 273 g/mol. The van der Waals surface area contributed by atoms with Gasteiger partial charge in [0.1, 0.15) is 5.82 Å². The predicted octanol–water partition coefficient (Wildman–Crippen LogP) is 3.08. The molecule has 0 heterocycles. The lowest BCUT2D eigenvalue weighted by Crippen LogP contribution is -2.34. The highest BCUT2D eigenvalue weighted by atomic mass is 19.1. The molecule has 2 atom stereocenters. The number of rotatable bonds is 6. The molecular formula is C17H20FNO. The third kappa shape index (κ3) is 3.89. The van der Waals surface area contributed by atoms with Gasteiger partial charge in [-0.1, -0.05) is 48.5 Å². The molecule has 2 aromatic rings. The fourth-order valence-corrected chi connectivity index (χ4v) is 2.34. The number of aliphatic hydroxyl groups excluding tert-OH is 1. The van der Waals surface area contributed by atoms with Gasteiger partial charge in [-0.25, -0.2) is 4.39 Å². The van der Waals surface area contributed by atoms with Crippen LogP contribution in [0.15, 0.2) is 54.6 Å². The Morgan fingerprint density at radius 1 is 1.05 bits per heavy atom. The minimum absolute atomic E-state index is 0.0195. The SMILES string of the molecule is CC(Cc1ccccc1F)N[C@H](CO)c1ccccc1. The number of aliphatic hydroxyl groups is 1. The maximum absolute atomic E-state index is 13.6. The Morgan fingerprint density at radius 2 is 1.70 bits per heavy atom. The number of nitrogens with one attached hydrogen (secondary N) is 1. The number of hydrogen-bond donors (Lipinski definition) is 2. The van der Waals surface area contributed by atoms with E-state index in [0.29, 0.717) is 12.0 Å². The molecule has 0 aliphatic rings. The van der Waals surface area contributed by atoms with Gasteiger partial charge in [0.25, 0.3) is 0 Å². The van der Waals surface area contributed by atoms with Crippen LogP contribution in [0.25, 0.3) is 0 Å². The van der Waals surface area contributed by atoms with Gasteiger partial charge >= 0.3 is 0 Å². The molecule has 20 heavy (non-hydrogen) atoms. The molecule has 1 unspecified atom stereocenters. The van der Waals surface area contributed by atoms with Crippen LogP contribution < -0.4 is 5.32 Å². The highest BCUT2D eigenvalue weighted by Crippen LogP contribution is 2.15. The van der Waals surface area contributed by atoms with E-state index >= 15 is 0 Å². The normalized spacial score (nSPS) is 13.9. The van der Waals surface area contributed by atoms with Crippen molar-refractivity contribution in [3.05, 3.63) is 71.5 Å². The highest BCUT2D eigenvalue weighted by Gasteiger charge is 2.14. The summed E-state index contributed by atoms with van der Waals surface area (Å²) < 4.78 is 13.6. The van der Waals surface area contributed by atoms with E-state index in [1.807, 2.05) is 43.3 Å². The van der Waals surface area contributed by atoms with Crippen molar-refractivity contribution in [3.63, 3.8) is 0 Å². The Kier molecular flexibility index (Phi) is 5.27. The zero-order valence-corrected chi connectivity index (χ0v) is 11.6. The molecule has 0 amide bonds. The molecule has 2 rings (SSSR count). The summed E-state index contributed by atoms with van der Waals surface area (Å²) in [6, 6.07) is 16.5. The topological polar surface area (TPSA) is 32.3 Å². The third-order valence-electron chi connectivity index (χ3n) is 3.35. The molecule has 3 heteroatoms. The first-order valence-corrected chi connectivity index (χ1v) is 6.86. The molecule has 106 valence electrons. The molecule has 0 aromatic heterocycles. The largest absolute Gasteiger partial charge is 0.394 e. The number of halogens is 1. The Bertz CT molecular complexity index is 530. The molecule has 2 aromatic carbocycles. The van der Waals surface area contributed by atoms with E-state index in [0.717, 1.165) is 5.56 Å². The van der Waals surface area contributed by atoms with Gasteiger partial charge in [-0.05, 0) is 30.5 Å². The summed E-state index contributed by atoms with van der Waals surface area (Å²) in [5.41, 5.74) is 1.73. The molecule has 0 fully saturated rings. The van der Waals surface area contributed by atoms with Crippen molar-refractivity contribution >= 4 is 0 Å². The molecule has 0 spiro atoms. The lowest BCUT2D eigenvalue weighted by atomic mass is 10.0. The van der Waals surface area contributed by atoms with Crippen molar-refractivity contribution in [2.75, 3.05) is 6.61 Å². The summed E-state index contributed by atoms with van der Waals surface area (Å²) >= 11 is 0. The van der Waals surface area contributed by atoms with Gasteiger partial charge in [-0.2, -0.15) is 0 Å². The number of benzene rings is 2. The van der Waals surface area contributed by atoms with E-state index in [4.69, 9.17) is 0 Å². The van der Waals surface area contributed by atoms with Crippen molar-refractivity contribution < 1.29 is 9.50 Å². The van der Waals surface area contributed by atoms with Gasteiger partial charge < -0.3 is 10.4 Å². The summed E-state index contributed by atoms with van der Waals surface area (Å²) in [6.45, 7) is 2.02. The third-order valence-corrected chi connectivity index (χ3v) is 3.35. The van der Waals surface area contributed by atoms with Crippen molar-refractivity contribution in [3.8, 4) is 0 Å². The van der Waals surface area contributed by atoms with E-state index in [9.17, 15) is 9.50 Å². The van der Waals surface area contributed by atoms with E-state index in [2.05, 4.69) is 5.32 Å². The predicted molar refractivity (Wildman–Crippen MR) is 79.0 cm³/mol. The van der Waals surface area contributed by atoms with Crippen LogP contribution in [0.5, 0.6) is 0 Å². The summed E-state index contributed by atoms with van der Waals surface area (Å²) in [4.78, 5) is 0. The maximum Gasteiger partial charge on any atom is 0.126 e. The van der Waals surface area contributed by atoms with Gasteiger partial charge in [-0.15, -0.1) is 0 Å². The first-order chi connectivity index (χ1) is 9.70. The van der Waals surface area contributed by atoms with Gasteiger partial charge in [0.15, 0.2) is 0 Å². The van der Waals surface area contributed by atoms with Gasteiger partial charge in [0, 0.05) is 6.04 Å². The van der Waals surface area contributed by atoms with Crippen molar-refractivity contribution in [1.82, 2.24) is 5.32 Å². The van der Waals surface area contributed by atoms with E-state index < -0.39 is 0 Å². The zero-order chi connectivity index (χ0) is 14.4. The van der Waals surface area contributed by atoms with Crippen molar-refractivity contribution in [2.24, 2.45) is 0 Å². The van der Waals surface area contributed by atoms with Crippen molar-refractivity contribution in [1.29, 1.82) is 0 Å². The minimum Gasteiger partial charge on any atom is -0.394 e. The van der Waals surface area contributed by atoms with Gasteiger partial charge in [0.05, 0.1) is 12.6 Å². The molecular weight excluding hydrogens is 253 g/mol. The molecule has 0 aliphatic carbocycles. The smallest absolute Gasteiger partial charge is 0.126 e. The molecule has 2 nitrogen and oxygen atoms in total. The zero-order valence-electron chi connectivity index (χ0n) is 11.6. The maximum atomic E-state index is 13.6. The van der Waals surface area contributed by atoms with Crippen LogP contribution in [-0.4, -0.2) is 17.8 Å². The van der Waals surface area contributed by atoms with Crippen LogP contribution in [0.3, 0.4) is 0 Å². The molecule has 0 aliphatic heterocycles. The first kappa shape index (κ1) is 14.7. The summed E-state index contributed by atoms with van der Waals surface area (Å²) in [7, 11) is 0. The summed E-state index contributed by atoms with van der Waals surface area (Å²) in [6.07, 6.45) is 0.593. The van der Waals surface area contributed by atoms with E-state index in [1.165, 1.54) is 6.07 Å². The summed E-state index contributed by atoms with van der Waals surface area (Å²) in [5, 5.41) is 12.9. The average molecular weight is 273 g/mol. The van der Waals surface area contributed by atoms with Crippen LogP contribution in [0.4, 0.5) is 4.39 Å². The summed E-state index contributed by atoms with van der Waals surface area (Å²) in [5.74, 6) is -0.179. The molecule has 0 radical (unpaired) electrons. The van der Waals surface area contributed by atoms with Crippen LogP contribution >= 0.6 is 0 Å². The Balaban J connectivity index is 2.00. The number of hydrogen-bond acceptors (Lipinski definition) is 2. The van der Waals surface area contributed by atoms with Crippen molar-refractivity contribution in [2.45, 2.75) is 25.4 Å². The quantitative estimate of drug-likeness (QED) is 0.847. The Labute approximate surface area is 119 Å². The fourth-order valence-electron chi connectivity index (χ4n) is 2.34. The van der Waals surface area contributed by atoms with E-state index in [-0.39, 0.29) is 24.5 Å². The second-order valence-electron chi connectivity index (χ2n) is 5.01. The average Bonchev–Trinajstić information content (AvgIpc) is 2.48. The van der Waals surface area contributed by atoms with Gasteiger partial charge in [-0.3, -0.25) is 0 Å². The van der Waals surface area contributed by atoms with E-state index in [1.54, 1.807) is 12.1 Å². The molecule has 0 saturated carbocycles. The van der Waals surface area contributed by atoms with Gasteiger partial charge in [0.2, 0.25) is 0 Å². The van der Waals surface area contributed by atoms with Crippen LogP contribution in [0.2, 0.25) is 0 Å². The molecule has 0 bridgehead atoms. The molecule has 0 saturated heterocycles. The van der Waals surface area contributed by atoms with Crippen LogP contribution in [0, 0.1) is 5.82 Å². The van der Waals surface area contributed by atoms with Crippen LogP contribution in [0.1, 0.15) is 24.1 Å². The Morgan fingerprint density at radius 3 is 2.35 bits per heavy atom. The second-order valence-corrected chi connectivity index (χ2v) is 5.01. The van der Waals surface area contributed by atoms with Crippen LogP contribution in [-0.2, 0) is 6.42 Å². The Hall–Kier alpha value is -1.71.